The first-order chi connectivity index (χ1) is 62.8. The molecule has 16 aromatic rings. The molecule has 0 radical (unpaired) electrons. The summed E-state index contributed by atoms with van der Waals surface area (Å²) >= 11 is 19.3. The Morgan fingerprint density at radius 2 is 0.677 bits per heavy atom. The molecule has 0 amide bonds. The molecule has 34 heteroatoms. The number of aliphatic hydroxyl groups is 1. The van der Waals surface area contributed by atoms with E-state index in [1.54, 1.807) is 65.8 Å². The van der Waals surface area contributed by atoms with E-state index >= 15 is 0 Å². The van der Waals surface area contributed by atoms with Gasteiger partial charge in [0.1, 0.15) is 22.6 Å². The maximum absolute atomic E-state index is 14.5. The van der Waals surface area contributed by atoms with Crippen molar-refractivity contribution in [2.75, 3.05) is 132 Å². The smallest absolute Gasteiger partial charge is 0.258 e. The lowest BCUT2D eigenvalue weighted by atomic mass is 9.89. The summed E-state index contributed by atoms with van der Waals surface area (Å²) in [5.74, 6) is -0.447. The Hall–Kier alpha value is -12.0. The number of hydrogen-bond donors (Lipinski definition) is 1. The molecule has 2 aliphatic carbocycles. The number of nitrogens with zero attached hydrogens (tertiary/aromatic N) is 24. The van der Waals surface area contributed by atoms with Crippen molar-refractivity contribution in [2.24, 2.45) is 0 Å². The number of β-amino-alcohol motifs (C(OH)–C–C–N with tert-alkyl or cyclic N) is 1. The van der Waals surface area contributed by atoms with Crippen LogP contribution in [0.15, 0.2) is 191 Å². The minimum Gasteiger partial charge on any atom is -0.395 e. The van der Waals surface area contributed by atoms with Gasteiger partial charge in [0.15, 0.2) is 28.4 Å². The van der Waals surface area contributed by atoms with Crippen LogP contribution in [0.2, 0.25) is 15.1 Å². The Kier molecular flexibility index (Phi) is 24.4. The van der Waals surface area contributed by atoms with Gasteiger partial charge in [0, 0.05) is 256 Å². The minimum absolute atomic E-state index is 0.101. The minimum atomic E-state index is -0.447. The summed E-state index contributed by atoms with van der Waals surface area (Å²) in [6, 6.07) is 32.0. The van der Waals surface area contributed by atoms with Gasteiger partial charge < -0.3 is 47.0 Å². The van der Waals surface area contributed by atoms with Gasteiger partial charge in [-0.05, 0) is 154 Å². The van der Waals surface area contributed by atoms with Crippen LogP contribution < -0.4 is 41.8 Å². The number of aromatic nitrogens is 16. The van der Waals surface area contributed by atoms with Crippen LogP contribution in [-0.2, 0) is 4.74 Å². The third-order valence-corrected chi connectivity index (χ3v) is 27.0. The van der Waals surface area contributed by atoms with Gasteiger partial charge in [-0.3, -0.25) is 56.4 Å². The van der Waals surface area contributed by atoms with Gasteiger partial charge >= 0.3 is 0 Å². The molecule has 0 bridgehead atoms. The van der Waals surface area contributed by atoms with Crippen LogP contribution in [0.5, 0.6) is 0 Å². The molecule has 16 aromatic heterocycles. The molecule has 22 rings (SSSR count). The standard InChI is InChI=1S/C25H27ClN6O.C24H25ClN6O.C24H27FN6O2.C23H25ClN6O2/c1-16-12-30-14-18(10-21(26)25(30)27-16)22-11-24(33)32-15-20(6-7-23(32)28-22)29-8-9-31(17(2)13-29)19-4-3-5-19;1-15-11-29-13-17(9-20(25)24(29)26-15)21-10-23(32)31-14-19(5-6-22(31)27-21)28-7-8-30(16(2)12-28)18-3-4-18;1-16-12-30-14-18(10-20(25)24(30)26-16)21-11-23(32)31-15-19(4-5-22(31)27-21)29-7-6-28(8-9-33-3)17(2)13-29;1-15-11-29-13-17(9-19(24)23(29)25-15)20-10-22(32)30-14-18(3-4-21(30)26-20)28-6-5-27(7-8-31)16(2)12-28/h6-7,10-12,14-15,17,19H,3-5,8-9,13H2,1-2H3;5-6,9-11,13-14,16,18H,3-4,7-8,12H2,1-2H3;4-5,10-12,14-15,17H,6-9,13H2,1-3H3;3-4,9-11,13-14,16,31H,5-8,12H2,1-2H3/t17-;16-;17-;16-/m0000/s1. The van der Waals surface area contributed by atoms with Gasteiger partial charge in [0.25, 0.3) is 22.2 Å². The predicted octanol–water partition coefficient (Wildman–Crippen LogP) is 12.8. The fourth-order valence-corrected chi connectivity index (χ4v) is 19.8. The second kappa shape index (κ2) is 36.4. The molecule has 4 saturated heterocycles. The third-order valence-electron chi connectivity index (χ3n) is 26.1. The van der Waals surface area contributed by atoms with E-state index in [1.165, 1.54) is 44.2 Å². The number of anilines is 4. The zero-order chi connectivity index (χ0) is 90.2. The number of methoxy groups -OCH3 is 1. The highest BCUT2D eigenvalue weighted by molar-refractivity contribution is 6.34. The molecule has 1 N–H and O–H groups in total. The number of ether oxygens (including phenoxy) is 1. The largest absolute Gasteiger partial charge is 0.395 e. The average Bonchev–Trinajstić information content (AvgIpc) is 1.41. The fraction of sp³-hybridized carbons (Fsp3) is 0.375. The molecule has 6 aliphatic rings. The maximum Gasteiger partial charge on any atom is 0.258 e. The Bertz CT molecular complexity index is 7280. The quantitative estimate of drug-likeness (QED) is 0.0999. The topological polar surface area (TPSA) is 262 Å². The van der Waals surface area contributed by atoms with E-state index in [2.05, 4.69) is 104 Å². The molecular weight excluding hydrogens is 1710 g/mol. The monoisotopic (exact) mass is 1810 g/mol. The molecule has 0 unspecified atom stereocenters. The molecular formula is C96H104Cl3FN24O6. The second-order valence-corrected chi connectivity index (χ2v) is 36.6. The highest BCUT2D eigenvalue weighted by Crippen LogP contribution is 2.36. The van der Waals surface area contributed by atoms with Crippen molar-refractivity contribution >= 4 is 103 Å². The number of imidazole rings is 4. The normalized spacial score (nSPS) is 18.7. The second-order valence-electron chi connectivity index (χ2n) is 35.4. The highest BCUT2D eigenvalue weighted by atomic mass is 35.5. The third kappa shape index (κ3) is 18.0. The van der Waals surface area contributed by atoms with Crippen LogP contribution >= 0.6 is 34.8 Å². The lowest BCUT2D eigenvalue weighted by molar-refractivity contribution is 0.0775. The number of rotatable bonds is 15. The number of pyridine rings is 8. The fourth-order valence-electron chi connectivity index (χ4n) is 19.1. The Morgan fingerprint density at radius 1 is 0.369 bits per heavy atom. The zero-order valence-corrected chi connectivity index (χ0v) is 76.5. The number of halogens is 4. The molecule has 0 aromatic carbocycles. The van der Waals surface area contributed by atoms with Gasteiger partial charge in [-0.25, -0.2) is 44.3 Å². The summed E-state index contributed by atoms with van der Waals surface area (Å²) in [7, 11) is 1.72. The van der Waals surface area contributed by atoms with Crippen molar-refractivity contribution in [3.8, 4) is 45.0 Å². The van der Waals surface area contributed by atoms with Gasteiger partial charge in [-0.15, -0.1) is 0 Å². The van der Waals surface area contributed by atoms with Crippen molar-refractivity contribution < 1.29 is 14.2 Å². The van der Waals surface area contributed by atoms with E-state index in [1.807, 2.05) is 151 Å². The Morgan fingerprint density at radius 3 is 0.985 bits per heavy atom. The summed E-state index contributed by atoms with van der Waals surface area (Å²) in [6.07, 6.45) is 29.2. The Balaban J connectivity index is 0.000000112. The lowest BCUT2D eigenvalue weighted by Gasteiger charge is -2.47. The number of fused-ring (bicyclic) bond motifs is 8. The van der Waals surface area contributed by atoms with Crippen molar-refractivity contribution in [3.05, 3.63) is 257 Å². The molecule has 0 spiro atoms. The highest BCUT2D eigenvalue weighted by Gasteiger charge is 2.37. The van der Waals surface area contributed by atoms with E-state index in [0.29, 0.717) is 114 Å². The van der Waals surface area contributed by atoms with E-state index < -0.39 is 5.82 Å². The summed E-state index contributed by atoms with van der Waals surface area (Å²) in [5, 5.41) is 10.8. The lowest BCUT2D eigenvalue weighted by Crippen LogP contribution is -2.57. The molecule has 2 saturated carbocycles. The van der Waals surface area contributed by atoms with Gasteiger partial charge in [-0.2, -0.15) is 0 Å². The SMILES string of the molecule is COCCN1CCN(c2ccc3nc(-c4cc(F)c5nc(C)cn5c4)cc(=O)n3c2)C[C@@H]1C.Cc1cn2cc(-c3cc(=O)n4cc(N5CCN(C6CC6)[C@@H](C)C5)ccc4n3)cc(Cl)c2n1.Cc1cn2cc(-c3cc(=O)n4cc(N5CCN(C6CCC6)[C@@H](C)C5)ccc4n3)cc(Cl)c2n1.Cc1cn2cc(-c3cc(=O)n4cc(N5CCN(CCO)[C@@H](C)C5)ccc4n3)cc(Cl)c2n1. The number of aliphatic hydroxyl groups excluding tert-OH is 1. The molecule has 30 nitrogen and oxygen atoms in total. The van der Waals surface area contributed by atoms with Crippen molar-refractivity contribution in [1.29, 1.82) is 0 Å². The van der Waals surface area contributed by atoms with Crippen molar-refractivity contribution in [2.45, 2.75) is 124 Å². The number of piperazine rings is 4. The van der Waals surface area contributed by atoms with E-state index in [-0.39, 0.29) is 34.5 Å². The molecule has 6 fully saturated rings. The van der Waals surface area contributed by atoms with E-state index in [0.717, 1.165) is 166 Å². The van der Waals surface area contributed by atoms with Gasteiger partial charge in [-0.1, -0.05) is 41.2 Å². The van der Waals surface area contributed by atoms with E-state index in [4.69, 9.17) is 54.5 Å². The predicted molar refractivity (Wildman–Crippen MR) is 509 cm³/mol. The molecule has 672 valence electrons. The van der Waals surface area contributed by atoms with E-state index in [9.17, 15) is 28.7 Å². The summed E-state index contributed by atoms with van der Waals surface area (Å²) in [6.45, 7) is 30.4. The van der Waals surface area contributed by atoms with Crippen LogP contribution in [0.4, 0.5) is 27.1 Å². The Labute approximate surface area is 763 Å². The number of hydrogen-bond acceptors (Lipinski definition) is 22. The summed E-state index contributed by atoms with van der Waals surface area (Å²) in [5.41, 5.74) is 16.7. The first kappa shape index (κ1) is 87.3. The molecule has 4 aliphatic heterocycles. The first-order valence-corrected chi connectivity index (χ1v) is 45.8. The van der Waals surface area contributed by atoms with Crippen LogP contribution in [0, 0.1) is 33.5 Å². The summed E-state index contributed by atoms with van der Waals surface area (Å²) in [4.78, 5) is 108. The van der Waals surface area contributed by atoms with Crippen molar-refractivity contribution in [3.63, 3.8) is 0 Å². The van der Waals surface area contributed by atoms with Gasteiger partial charge in [0.2, 0.25) is 0 Å². The maximum atomic E-state index is 14.5. The molecule has 20 heterocycles. The van der Waals surface area contributed by atoms with Crippen LogP contribution in [0.3, 0.4) is 0 Å². The zero-order valence-electron chi connectivity index (χ0n) is 74.2. The van der Waals surface area contributed by atoms with Gasteiger partial charge in [0.05, 0.1) is 96.6 Å². The van der Waals surface area contributed by atoms with Crippen LogP contribution in [0.25, 0.3) is 90.2 Å². The molecule has 4 atom stereocenters. The van der Waals surface area contributed by atoms with Crippen LogP contribution in [-0.4, -0.2) is 248 Å². The van der Waals surface area contributed by atoms with Crippen molar-refractivity contribution in [1.82, 2.24) is 94.7 Å². The first-order valence-electron chi connectivity index (χ1n) is 44.6. The number of aryl methyl sites for hydroxylation is 4. The average molecular weight is 1820 g/mol. The van der Waals surface area contributed by atoms with Crippen LogP contribution in [0.1, 0.15) is 82.6 Å². The summed E-state index contributed by atoms with van der Waals surface area (Å²) < 4.78 is 33.4. The molecule has 130 heavy (non-hydrogen) atoms.